The van der Waals surface area contributed by atoms with Crippen molar-refractivity contribution in [3.05, 3.63) is 33.4 Å². The van der Waals surface area contributed by atoms with E-state index in [-0.39, 0.29) is 11.9 Å². The highest BCUT2D eigenvalue weighted by Crippen LogP contribution is 2.40. The Hall–Kier alpha value is -2.22. The summed E-state index contributed by atoms with van der Waals surface area (Å²) in [6, 6.07) is 2.57. The average Bonchev–Trinajstić information content (AvgIpc) is 2.65. The number of hydrogen-bond acceptors (Lipinski definition) is 5. The minimum atomic E-state index is -0.667. The third-order valence-electron chi connectivity index (χ3n) is 4.15. The first kappa shape index (κ1) is 23.1. The summed E-state index contributed by atoms with van der Waals surface area (Å²) in [5.74, 6) is 0.889. The van der Waals surface area contributed by atoms with Crippen molar-refractivity contribution in [2.45, 2.75) is 47.1 Å². The summed E-state index contributed by atoms with van der Waals surface area (Å²) < 4.78 is 17.7. The lowest BCUT2D eigenvalue weighted by atomic mass is 9.95. The van der Waals surface area contributed by atoms with Crippen LogP contribution in [-0.2, 0) is 9.53 Å². The van der Waals surface area contributed by atoms with Gasteiger partial charge in [0.1, 0.15) is 0 Å². The van der Waals surface area contributed by atoms with Gasteiger partial charge in [-0.25, -0.2) is 9.59 Å². The first-order valence-corrected chi connectivity index (χ1v) is 10.6. The molecular weight excluding hydrogens is 440 g/mol. The van der Waals surface area contributed by atoms with Crippen molar-refractivity contribution in [3.8, 4) is 11.5 Å². The maximum absolute atomic E-state index is 12.8. The Morgan fingerprint density at radius 1 is 1.24 bits per heavy atom. The number of esters is 1. The fourth-order valence-corrected chi connectivity index (χ4v) is 3.47. The van der Waals surface area contributed by atoms with Crippen molar-refractivity contribution in [2.24, 2.45) is 5.92 Å². The van der Waals surface area contributed by atoms with E-state index in [1.807, 2.05) is 33.8 Å². The number of benzene rings is 1. The van der Waals surface area contributed by atoms with Gasteiger partial charge in [-0.05, 0) is 59.8 Å². The zero-order valence-corrected chi connectivity index (χ0v) is 19.1. The number of ether oxygens (including phenoxy) is 3. The predicted octanol–water partition coefficient (Wildman–Crippen LogP) is 4.46. The SMILES string of the molecule is CCCOc1c(Br)cc(C2NC(=O)NC(C)=C2C(=O)OCC(C)C)cc1OCC. The summed E-state index contributed by atoms with van der Waals surface area (Å²) in [5, 5.41) is 5.47. The normalized spacial score (nSPS) is 16.4. The van der Waals surface area contributed by atoms with Gasteiger partial charge in [0.2, 0.25) is 0 Å². The Balaban J connectivity index is 2.46. The van der Waals surface area contributed by atoms with Crippen LogP contribution in [0.4, 0.5) is 4.79 Å². The monoisotopic (exact) mass is 468 g/mol. The van der Waals surface area contributed by atoms with Crippen molar-refractivity contribution < 1.29 is 23.8 Å². The van der Waals surface area contributed by atoms with E-state index < -0.39 is 12.0 Å². The van der Waals surface area contributed by atoms with Crippen LogP contribution in [0.5, 0.6) is 11.5 Å². The fourth-order valence-electron chi connectivity index (χ4n) is 2.90. The zero-order chi connectivity index (χ0) is 21.6. The Labute approximate surface area is 180 Å². The highest BCUT2D eigenvalue weighted by Gasteiger charge is 2.33. The maximum atomic E-state index is 12.8. The van der Waals surface area contributed by atoms with Crippen molar-refractivity contribution in [3.63, 3.8) is 0 Å². The van der Waals surface area contributed by atoms with E-state index in [1.54, 1.807) is 13.0 Å². The molecule has 2 amide bonds. The van der Waals surface area contributed by atoms with E-state index in [4.69, 9.17) is 14.2 Å². The number of hydrogen-bond donors (Lipinski definition) is 2. The van der Waals surface area contributed by atoms with E-state index in [0.29, 0.717) is 52.6 Å². The molecule has 2 rings (SSSR count). The molecule has 0 bridgehead atoms. The second kappa shape index (κ2) is 10.5. The maximum Gasteiger partial charge on any atom is 0.338 e. The van der Waals surface area contributed by atoms with Crippen LogP contribution in [0.25, 0.3) is 0 Å². The Morgan fingerprint density at radius 2 is 1.97 bits per heavy atom. The molecule has 0 saturated carbocycles. The Morgan fingerprint density at radius 3 is 2.59 bits per heavy atom. The molecule has 8 heteroatoms. The minimum absolute atomic E-state index is 0.207. The van der Waals surface area contributed by atoms with Crippen LogP contribution < -0.4 is 20.1 Å². The van der Waals surface area contributed by atoms with Crippen molar-refractivity contribution in [2.75, 3.05) is 19.8 Å². The van der Waals surface area contributed by atoms with Crippen LogP contribution in [0.3, 0.4) is 0 Å². The van der Waals surface area contributed by atoms with Crippen LogP contribution in [0.15, 0.2) is 27.9 Å². The summed E-state index contributed by atoms with van der Waals surface area (Å²) in [4.78, 5) is 24.9. The number of halogens is 1. The van der Waals surface area contributed by atoms with Crippen LogP contribution in [-0.4, -0.2) is 31.8 Å². The third-order valence-corrected chi connectivity index (χ3v) is 4.74. The van der Waals surface area contributed by atoms with Gasteiger partial charge < -0.3 is 24.8 Å². The summed E-state index contributed by atoms with van der Waals surface area (Å²) in [7, 11) is 0. The van der Waals surface area contributed by atoms with Gasteiger partial charge in [0.25, 0.3) is 0 Å². The minimum Gasteiger partial charge on any atom is -0.490 e. The molecule has 1 unspecified atom stereocenters. The molecule has 2 N–H and O–H groups in total. The van der Waals surface area contributed by atoms with Gasteiger partial charge in [-0.3, -0.25) is 0 Å². The van der Waals surface area contributed by atoms with Gasteiger partial charge in [0, 0.05) is 5.70 Å². The van der Waals surface area contributed by atoms with Gasteiger partial charge in [0.05, 0.1) is 35.9 Å². The van der Waals surface area contributed by atoms with Crippen LogP contribution in [0, 0.1) is 5.92 Å². The smallest absolute Gasteiger partial charge is 0.338 e. The number of carbonyl (C=O) groups excluding carboxylic acids is 2. The first-order chi connectivity index (χ1) is 13.8. The fraction of sp³-hybridized carbons (Fsp3) is 0.524. The third kappa shape index (κ3) is 5.88. The molecule has 0 spiro atoms. The Kier molecular flexibility index (Phi) is 8.37. The van der Waals surface area contributed by atoms with Crippen LogP contribution >= 0.6 is 15.9 Å². The average molecular weight is 469 g/mol. The lowest BCUT2D eigenvalue weighted by molar-refractivity contribution is -0.140. The number of carbonyl (C=O) groups is 2. The number of urea groups is 1. The molecule has 1 heterocycles. The van der Waals surface area contributed by atoms with E-state index in [1.165, 1.54) is 0 Å². The first-order valence-electron chi connectivity index (χ1n) is 9.82. The molecule has 1 aromatic carbocycles. The molecule has 0 aliphatic carbocycles. The molecule has 7 nitrogen and oxygen atoms in total. The molecule has 0 aromatic heterocycles. The van der Waals surface area contributed by atoms with Crippen LogP contribution in [0.2, 0.25) is 0 Å². The van der Waals surface area contributed by atoms with E-state index in [9.17, 15) is 9.59 Å². The van der Waals surface area contributed by atoms with Gasteiger partial charge >= 0.3 is 12.0 Å². The molecule has 1 aliphatic heterocycles. The lowest BCUT2D eigenvalue weighted by Gasteiger charge is -2.29. The van der Waals surface area contributed by atoms with Gasteiger partial charge in [-0.15, -0.1) is 0 Å². The topological polar surface area (TPSA) is 85.9 Å². The lowest BCUT2D eigenvalue weighted by Crippen LogP contribution is -2.45. The molecule has 1 atom stereocenters. The molecule has 29 heavy (non-hydrogen) atoms. The number of allylic oxidation sites excluding steroid dienone is 1. The molecule has 1 aromatic rings. The van der Waals surface area contributed by atoms with Crippen molar-refractivity contribution in [1.29, 1.82) is 0 Å². The predicted molar refractivity (Wildman–Crippen MR) is 114 cm³/mol. The van der Waals surface area contributed by atoms with Gasteiger partial charge in [0.15, 0.2) is 11.5 Å². The number of amides is 2. The summed E-state index contributed by atoms with van der Waals surface area (Å²) in [6.07, 6.45) is 0.859. The summed E-state index contributed by atoms with van der Waals surface area (Å²) in [5.41, 5.74) is 1.52. The molecule has 0 radical (unpaired) electrons. The molecule has 1 aliphatic rings. The van der Waals surface area contributed by atoms with Gasteiger partial charge in [-0.2, -0.15) is 0 Å². The van der Waals surface area contributed by atoms with E-state index in [2.05, 4.69) is 26.6 Å². The quantitative estimate of drug-likeness (QED) is 0.522. The second-order valence-electron chi connectivity index (χ2n) is 7.17. The van der Waals surface area contributed by atoms with Crippen molar-refractivity contribution >= 4 is 27.9 Å². The van der Waals surface area contributed by atoms with E-state index >= 15 is 0 Å². The molecule has 0 fully saturated rings. The van der Waals surface area contributed by atoms with Gasteiger partial charge in [-0.1, -0.05) is 20.8 Å². The highest BCUT2D eigenvalue weighted by atomic mass is 79.9. The molecular formula is C21H29BrN2O5. The number of nitrogens with one attached hydrogen (secondary N) is 2. The number of rotatable bonds is 9. The largest absolute Gasteiger partial charge is 0.490 e. The zero-order valence-electron chi connectivity index (χ0n) is 17.6. The standard InChI is InChI=1S/C21H29BrN2O5/c1-6-8-28-19-15(22)9-14(10-16(19)27-7-2)18-17(13(5)23-21(26)24-18)20(25)29-11-12(3)4/h9-10,12,18H,6-8,11H2,1-5H3,(H2,23,24,26). The summed E-state index contributed by atoms with van der Waals surface area (Å²) in [6.45, 7) is 10.8. The van der Waals surface area contributed by atoms with E-state index in [0.717, 1.165) is 6.42 Å². The van der Waals surface area contributed by atoms with Crippen LogP contribution in [0.1, 0.15) is 52.6 Å². The molecule has 160 valence electrons. The second-order valence-corrected chi connectivity index (χ2v) is 8.03. The van der Waals surface area contributed by atoms with Crippen molar-refractivity contribution in [1.82, 2.24) is 10.6 Å². The molecule has 0 saturated heterocycles. The Bertz CT molecular complexity index is 792. The highest BCUT2D eigenvalue weighted by molar-refractivity contribution is 9.10. The summed E-state index contributed by atoms with van der Waals surface area (Å²) >= 11 is 3.54.